The highest BCUT2D eigenvalue weighted by atomic mass is 32.2. The van der Waals surface area contributed by atoms with Crippen LogP contribution in [-0.4, -0.2) is 62.7 Å². The molecule has 0 saturated carbocycles. The molecule has 150 valence electrons. The van der Waals surface area contributed by atoms with Crippen molar-refractivity contribution in [1.29, 1.82) is 0 Å². The van der Waals surface area contributed by atoms with Crippen molar-refractivity contribution in [2.45, 2.75) is 37.8 Å². The normalized spacial score (nSPS) is 31.5. The minimum atomic E-state index is -3.15. The van der Waals surface area contributed by atoms with Gasteiger partial charge in [0.05, 0.1) is 44.5 Å². The van der Waals surface area contributed by atoms with Crippen LogP contribution in [0.25, 0.3) is 0 Å². The summed E-state index contributed by atoms with van der Waals surface area (Å²) in [5, 5.41) is 7.03. The van der Waals surface area contributed by atoms with Gasteiger partial charge in [-0.1, -0.05) is 0 Å². The van der Waals surface area contributed by atoms with E-state index in [0.717, 1.165) is 11.3 Å². The van der Waals surface area contributed by atoms with Gasteiger partial charge in [-0.05, 0) is 32.8 Å². The van der Waals surface area contributed by atoms with Gasteiger partial charge in [0.15, 0.2) is 19.7 Å². The van der Waals surface area contributed by atoms with Gasteiger partial charge >= 0.3 is 0 Å². The van der Waals surface area contributed by atoms with Gasteiger partial charge in [0.25, 0.3) is 11.8 Å². The van der Waals surface area contributed by atoms with E-state index in [-0.39, 0.29) is 28.6 Å². The fourth-order valence-corrected chi connectivity index (χ4v) is 8.44. The van der Waals surface area contributed by atoms with Crippen LogP contribution in [0.15, 0.2) is 11.4 Å². The molecule has 11 heteroatoms. The van der Waals surface area contributed by atoms with Gasteiger partial charge in [0.2, 0.25) is 0 Å². The van der Waals surface area contributed by atoms with E-state index >= 15 is 0 Å². The van der Waals surface area contributed by atoms with Gasteiger partial charge in [-0.3, -0.25) is 9.59 Å². The van der Waals surface area contributed by atoms with Crippen LogP contribution in [-0.2, 0) is 19.7 Å². The second kappa shape index (κ2) is 6.56. The molecule has 1 aromatic rings. The van der Waals surface area contributed by atoms with Gasteiger partial charge in [0, 0.05) is 5.38 Å². The largest absolute Gasteiger partial charge is 0.346 e. The molecule has 27 heavy (non-hydrogen) atoms. The van der Waals surface area contributed by atoms with Gasteiger partial charge in [-0.15, -0.1) is 11.3 Å². The van der Waals surface area contributed by atoms with Crippen LogP contribution < -0.4 is 10.6 Å². The lowest BCUT2D eigenvalue weighted by molar-refractivity contribution is 0.0914. The first-order valence-electron chi connectivity index (χ1n) is 8.45. The van der Waals surface area contributed by atoms with Crippen molar-refractivity contribution in [3.05, 3.63) is 21.9 Å². The van der Waals surface area contributed by atoms with Crippen molar-refractivity contribution in [3.8, 4) is 0 Å². The van der Waals surface area contributed by atoms with Gasteiger partial charge in [0.1, 0.15) is 0 Å². The molecule has 2 saturated heterocycles. The number of carbonyl (C=O) groups excluding carboxylic acids is 2. The van der Waals surface area contributed by atoms with Crippen molar-refractivity contribution >= 4 is 42.8 Å². The summed E-state index contributed by atoms with van der Waals surface area (Å²) in [6, 6.07) is 1.44. The molecule has 2 aliphatic heterocycles. The fraction of sp³-hybridized carbons (Fsp3) is 0.625. The minimum Gasteiger partial charge on any atom is -0.346 e. The topological polar surface area (TPSA) is 126 Å². The zero-order valence-corrected chi connectivity index (χ0v) is 17.5. The quantitative estimate of drug-likeness (QED) is 0.705. The first-order chi connectivity index (χ1) is 12.3. The Hall–Kier alpha value is -1.46. The number of sulfone groups is 2. The molecule has 0 aliphatic carbocycles. The van der Waals surface area contributed by atoms with E-state index in [1.807, 2.05) is 0 Å². The number of nitrogens with one attached hydrogen (secondary N) is 2. The Balaban J connectivity index is 1.66. The predicted molar refractivity (Wildman–Crippen MR) is 103 cm³/mol. The average Bonchev–Trinajstić information content (AvgIpc) is 3.16. The summed E-state index contributed by atoms with van der Waals surface area (Å²) in [6.07, 6.45) is 0.706. The second-order valence-electron chi connectivity index (χ2n) is 7.91. The molecule has 2 unspecified atom stereocenters. The lowest BCUT2D eigenvalue weighted by Gasteiger charge is -2.23. The number of thiophene rings is 1. The van der Waals surface area contributed by atoms with Crippen LogP contribution in [0.4, 0.5) is 0 Å². The maximum Gasteiger partial charge on any atom is 0.261 e. The van der Waals surface area contributed by atoms with Crippen LogP contribution in [0.3, 0.4) is 0 Å². The van der Waals surface area contributed by atoms with E-state index in [4.69, 9.17) is 0 Å². The minimum absolute atomic E-state index is 0.0442. The van der Waals surface area contributed by atoms with Gasteiger partial charge in [-0.25, -0.2) is 16.8 Å². The maximum atomic E-state index is 12.4. The Morgan fingerprint density at radius 3 is 1.85 bits per heavy atom. The summed E-state index contributed by atoms with van der Waals surface area (Å²) in [5.74, 6) is -0.966. The molecule has 2 fully saturated rings. The predicted octanol–water partition coefficient (Wildman–Crippen LogP) is 0.362. The standard InChI is InChI=1S/C16H22N2O6S3/c1-15(3-5-26(21,22)9-15)17-13(19)11-7-12(25-8-11)14(20)18-16(2)4-6-27(23,24)10-16/h7-8H,3-6,9-10H2,1-2H3,(H,17,19)(H,18,20). The summed E-state index contributed by atoms with van der Waals surface area (Å²) in [4.78, 5) is 25.2. The lowest BCUT2D eigenvalue weighted by Crippen LogP contribution is -2.47. The summed E-state index contributed by atoms with van der Waals surface area (Å²) in [5.41, 5.74) is -1.35. The zero-order valence-electron chi connectivity index (χ0n) is 15.1. The number of rotatable bonds is 4. The van der Waals surface area contributed by atoms with Crippen LogP contribution in [0.5, 0.6) is 0 Å². The summed E-state index contributed by atoms with van der Waals surface area (Å²) < 4.78 is 46.6. The lowest BCUT2D eigenvalue weighted by atomic mass is 10.0. The van der Waals surface area contributed by atoms with Crippen molar-refractivity contribution in [1.82, 2.24) is 10.6 Å². The molecular formula is C16H22N2O6S3. The number of hydrogen-bond acceptors (Lipinski definition) is 7. The zero-order chi connectivity index (χ0) is 20.1. The van der Waals surface area contributed by atoms with E-state index in [9.17, 15) is 26.4 Å². The molecule has 2 atom stereocenters. The highest BCUT2D eigenvalue weighted by molar-refractivity contribution is 7.92. The fourth-order valence-electron chi connectivity index (χ4n) is 3.47. The smallest absolute Gasteiger partial charge is 0.261 e. The third kappa shape index (κ3) is 4.69. The highest BCUT2D eigenvalue weighted by Crippen LogP contribution is 2.26. The van der Waals surface area contributed by atoms with E-state index < -0.39 is 42.6 Å². The third-order valence-electron chi connectivity index (χ3n) is 4.92. The monoisotopic (exact) mass is 434 g/mol. The van der Waals surface area contributed by atoms with E-state index in [1.165, 1.54) is 11.4 Å². The summed E-state index contributed by atoms with van der Waals surface area (Å²) >= 11 is 1.08. The molecule has 0 spiro atoms. The molecule has 2 N–H and O–H groups in total. The first kappa shape index (κ1) is 20.3. The van der Waals surface area contributed by atoms with Crippen molar-refractivity contribution < 1.29 is 26.4 Å². The molecule has 0 radical (unpaired) electrons. The third-order valence-corrected chi connectivity index (χ3v) is 9.66. The molecule has 2 amide bonds. The Morgan fingerprint density at radius 2 is 1.41 bits per heavy atom. The summed E-state index contributed by atoms with van der Waals surface area (Å²) in [7, 11) is -6.29. The number of amides is 2. The second-order valence-corrected chi connectivity index (χ2v) is 13.2. The van der Waals surface area contributed by atoms with E-state index in [2.05, 4.69) is 10.6 Å². The van der Waals surface area contributed by atoms with Crippen molar-refractivity contribution in [3.63, 3.8) is 0 Å². The van der Waals surface area contributed by atoms with E-state index in [1.54, 1.807) is 13.8 Å². The van der Waals surface area contributed by atoms with Crippen LogP contribution >= 0.6 is 11.3 Å². The molecule has 0 bridgehead atoms. The van der Waals surface area contributed by atoms with Gasteiger partial charge < -0.3 is 10.6 Å². The molecule has 0 aromatic carbocycles. The van der Waals surface area contributed by atoms with Crippen LogP contribution in [0.1, 0.15) is 46.7 Å². The highest BCUT2D eigenvalue weighted by Gasteiger charge is 2.41. The first-order valence-corrected chi connectivity index (χ1v) is 13.0. The Morgan fingerprint density at radius 1 is 0.926 bits per heavy atom. The molecule has 8 nitrogen and oxygen atoms in total. The Bertz CT molecular complexity index is 919. The summed E-state index contributed by atoms with van der Waals surface area (Å²) in [6.45, 7) is 3.38. The maximum absolute atomic E-state index is 12.4. The Kier molecular flexibility index (Phi) is 4.92. The van der Waals surface area contributed by atoms with Gasteiger partial charge in [-0.2, -0.15) is 0 Å². The van der Waals surface area contributed by atoms with Crippen molar-refractivity contribution in [2.75, 3.05) is 23.0 Å². The van der Waals surface area contributed by atoms with Crippen molar-refractivity contribution in [2.24, 2.45) is 0 Å². The number of carbonyl (C=O) groups is 2. The molecule has 3 heterocycles. The number of hydrogen-bond donors (Lipinski definition) is 2. The molecular weight excluding hydrogens is 412 g/mol. The van der Waals surface area contributed by atoms with Crippen LogP contribution in [0.2, 0.25) is 0 Å². The molecule has 1 aromatic heterocycles. The molecule has 3 rings (SSSR count). The average molecular weight is 435 g/mol. The SMILES string of the molecule is CC1(NC(=O)c2csc(C(=O)NC3(C)CCS(=O)(=O)C3)c2)CCS(=O)(=O)C1. The van der Waals surface area contributed by atoms with E-state index in [0.29, 0.717) is 17.7 Å². The van der Waals surface area contributed by atoms with Crippen LogP contribution in [0, 0.1) is 0 Å². The Labute approximate surface area is 162 Å². The molecule has 2 aliphatic rings.